The molecule has 2 aromatic rings. The maximum absolute atomic E-state index is 12.6. The smallest absolute Gasteiger partial charge is 0.337 e. The molecule has 1 aromatic carbocycles. The second-order valence-electron chi connectivity index (χ2n) is 7.01. The minimum absolute atomic E-state index is 0.127. The number of imidazole rings is 1. The number of methoxy groups -OCH3 is 1. The number of aryl methyl sites for hydroxylation is 2. The summed E-state index contributed by atoms with van der Waals surface area (Å²) in [4.78, 5) is 30.4. The van der Waals surface area contributed by atoms with E-state index in [9.17, 15) is 9.59 Å². The van der Waals surface area contributed by atoms with Crippen molar-refractivity contribution in [2.75, 3.05) is 25.5 Å². The highest BCUT2D eigenvalue weighted by Crippen LogP contribution is 2.22. The minimum atomic E-state index is -0.416. The monoisotopic (exact) mass is 370 g/mol. The number of nitrogens with one attached hydrogen (secondary N) is 1. The molecule has 7 nitrogen and oxygen atoms in total. The van der Waals surface area contributed by atoms with Crippen LogP contribution in [0.4, 0.5) is 10.5 Å². The summed E-state index contributed by atoms with van der Waals surface area (Å²) in [7, 11) is 1.34. The van der Waals surface area contributed by atoms with Crippen LogP contribution in [0.5, 0.6) is 0 Å². The van der Waals surface area contributed by atoms with E-state index in [0.29, 0.717) is 17.2 Å². The van der Waals surface area contributed by atoms with Crippen LogP contribution in [-0.4, -0.2) is 46.7 Å². The molecule has 1 aromatic heterocycles. The Morgan fingerprint density at radius 1 is 1.26 bits per heavy atom. The zero-order valence-electron chi connectivity index (χ0n) is 16.1. The Balaban J connectivity index is 1.57. The number of likely N-dealkylation sites (tertiary alicyclic amines) is 1. The predicted molar refractivity (Wildman–Crippen MR) is 103 cm³/mol. The maximum atomic E-state index is 12.6. The lowest BCUT2D eigenvalue weighted by Crippen LogP contribution is -2.41. The van der Waals surface area contributed by atoms with Crippen molar-refractivity contribution in [2.24, 2.45) is 5.92 Å². The molecule has 144 valence electrons. The number of piperidine rings is 1. The van der Waals surface area contributed by atoms with E-state index in [2.05, 4.69) is 14.9 Å². The number of nitrogens with zero attached hydrogens (tertiary/aromatic N) is 3. The number of hydrogen-bond donors (Lipinski definition) is 1. The topological polar surface area (TPSA) is 76.5 Å². The second-order valence-corrected chi connectivity index (χ2v) is 7.01. The fourth-order valence-electron chi connectivity index (χ4n) is 3.39. The van der Waals surface area contributed by atoms with E-state index < -0.39 is 5.97 Å². The van der Waals surface area contributed by atoms with Crippen LogP contribution in [0.2, 0.25) is 0 Å². The highest BCUT2D eigenvalue weighted by atomic mass is 16.5. The van der Waals surface area contributed by atoms with Gasteiger partial charge in [-0.1, -0.05) is 6.07 Å². The van der Waals surface area contributed by atoms with E-state index in [1.165, 1.54) is 7.11 Å². The summed E-state index contributed by atoms with van der Waals surface area (Å²) < 4.78 is 6.92. The molecule has 7 heteroatoms. The molecule has 0 unspecified atom stereocenters. The largest absolute Gasteiger partial charge is 0.465 e. The number of carbonyl (C=O) groups is 2. The summed E-state index contributed by atoms with van der Waals surface area (Å²) in [6, 6.07) is 5.03. The van der Waals surface area contributed by atoms with Gasteiger partial charge in [-0.05, 0) is 50.3 Å². The number of aromatic nitrogens is 2. The molecule has 27 heavy (non-hydrogen) atoms. The number of ether oxygens (including phenoxy) is 1. The van der Waals surface area contributed by atoms with Crippen LogP contribution >= 0.6 is 0 Å². The number of benzene rings is 1. The molecular weight excluding hydrogens is 344 g/mol. The zero-order chi connectivity index (χ0) is 19.4. The Morgan fingerprint density at radius 3 is 2.63 bits per heavy atom. The summed E-state index contributed by atoms with van der Waals surface area (Å²) in [6.45, 7) is 6.30. The number of esters is 1. The fraction of sp³-hybridized carbons (Fsp3) is 0.450. The quantitative estimate of drug-likeness (QED) is 0.839. The number of rotatable bonds is 4. The SMILES string of the molecule is COC(=O)c1ccc(C)c(NC(=O)N2CCC(Cn3ccnc3C)CC2)c1. The van der Waals surface area contributed by atoms with Gasteiger partial charge >= 0.3 is 12.0 Å². The zero-order valence-corrected chi connectivity index (χ0v) is 16.1. The molecule has 0 atom stereocenters. The van der Waals surface area contributed by atoms with E-state index in [0.717, 1.165) is 43.9 Å². The molecule has 0 aliphatic carbocycles. The third-order valence-electron chi connectivity index (χ3n) is 5.18. The van der Waals surface area contributed by atoms with Gasteiger partial charge in [0.2, 0.25) is 0 Å². The molecule has 0 spiro atoms. The van der Waals surface area contributed by atoms with Gasteiger partial charge in [0.15, 0.2) is 0 Å². The van der Waals surface area contributed by atoms with Gasteiger partial charge in [-0.3, -0.25) is 0 Å². The Labute approximate surface area is 159 Å². The Kier molecular flexibility index (Phi) is 5.78. The molecule has 1 N–H and O–H groups in total. The maximum Gasteiger partial charge on any atom is 0.337 e. The average Bonchev–Trinajstić information content (AvgIpc) is 3.08. The van der Waals surface area contributed by atoms with E-state index in [1.54, 1.807) is 12.1 Å². The highest BCUT2D eigenvalue weighted by molar-refractivity contribution is 5.94. The van der Waals surface area contributed by atoms with Crippen molar-refractivity contribution in [3.8, 4) is 0 Å². The van der Waals surface area contributed by atoms with E-state index in [-0.39, 0.29) is 6.03 Å². The van der Waals surface area contributed by atoms with Crippen molar-refractivity contribution in [3.05, 3.63) is 47.5 Å². The van der Waals surface area contributed by atoms with Crippen LogP contribution in [-0.2, 0) is 11.3 Å². The van der Waals surface area contributed by atoms with Crippen molar-refractivity contribution in [1.29, 1.82) is 0 Å². The van der Waals surface area contributed by atoms with Gasteiger partial charge in [0.25, 0.3) is 0 Å². The van der Waals surface area contributed by atoms with Crippen molar-refractivity contribution in [1.82, 2.24) is 14.5 Å². The summed E-state index contributed by atoms with van der Waals surface area (Å²) in [6.07, 6.45) is 5.76. The number of urea groups is 1. The van der Waals surface area contributed by atoms with Gasteiger partial charge in [-0.25, -0.2) is 14.6 Å². The summed E-state index contributed by atoms with van der Waals surface area (Å²) in [5.74, 6) is 1.16. The van der Waals surface area contributed by atoms with Crippen molar-refractivity contribution in [3.63, 3.8) is 0 Å². The number of carbonyl (C=O) groups excluding carboxylic acids is 2. The van der Waals surface area contributed by atoms with Gasteiger partial charge in [0.05, 0.1) is 12.7 Å². The van der Waals surface area contributed by atoms with E-state index >= 15 is 0 Å². The third-order valence-corrected chi connectivity index (χ3v) is 5.18. The van der Waals surface area contributed by atoms with Crippen LogP contribution in [0.15, 0.2) is 30.6 Å². The second kappa shape index (κ2) is 8.24. The number of amides is 2. The molecule has 0 radical (unpaired) electrons. The molecule has 1 aliphatic rings. The lowest BCUT2D eigenvalue weighted by molar-refractivity contribution is 0.0600. The summed E-state index contributed by atoms with van der Waals surface area (Å²) in [5.41, 5.74) is 1.97. The first-order valence-electron chi connectivity index (χ1n) is 9.20. The molecule has 3 rings (SSSR count). The standard InChI is InChI=1S/C20H26N4O3/c1-14-4-5-17(19(25)27-3)12-18(14)22-20(26)23-9-6-16(7-10-23)13-24-11-8-21-15(24)2/h4-5,8,11-12,16H,6-7,9-10,13H2,1-3H3,(H,22,26). The molecular formula is C20H26N4O3. The molecule has 0 saturated carbocycles. The summed E-state index contributed by atoms with van der Waals surface area (Å²) in [5, 5.41) is 2.93. The van der Waals surface area contributed by atoms with Crippen LogP contribution in [0.25, 0.3) is 0 Å². The first kappa shape index (κ1) is 18.9. The van der Waals surface area contributed by atoms with Gasteiger partial charge in [-0.2, -0.15) is 0 Å². The van der Waals surface area contributed by atoms with Crippen LogP contribution in [0.1, 0.15) is 34.6 Å². The lowest BCUT2D eigenvalue weighted by Gasteiger charge is -2.32. The van der Waals surface area contributed by atoms with Crippen LogP contribution in [0.3, 0.4) is 0 Å². The molecule has 2 heterocycles. The highest BCUT2D eigenvalue weighted by Gasteiger charge is 2.24. The molecule has 0 bridgehead atoms. The normalized spacial score (nSPS) is 14.9. The Bertz CT molecular complexity index is 822. The molecule has 1 saturated heterocycles. The molecule has 2 amide bonds. The third kappa shape index (κ3) is 4.48. The van der Waals surface area contributed by atoms with Crippen LogP contribution in [0, 0.1) is 19.8 Å². The lowest BCUT2D eigenvalue weighted by atomic mass is 9.97. The number of anilines is 1. The van der Waals surface area contributed by atoms with Gasteiger partial charge in [0.1, 0.15) is 5.82 Å². The average molecular weight is 370 g/mol. The Morgan fingerprint density at radius 2 is 2.00 bits per heavy atom. The summed E-state index contributed by atoms with van der Waals surface area (Å²) >= 11 is 0. The fourth-order valence-corrected chi connectivity index (χ4v) is 3.39. The molecule has 1 fully saturated rings. The number of hydrogen-bond acceptors (Lipinski definition) is 4. The van der Waals surface area contributed by atoms with Crippen LogP contribution < -0.4 is 5.32 Å². The van der Waals surface area contributed by atoms with Crippen molar-refractivity contribution in [2.45, 2.75) is 33.2 Å². The first-order chi connectivity index (χ1) is 13.0. The van der Waals surface area contributed by atoms with Crippen molar-refractivity contribution < 1.29 is 14.3 Å². The Hall–Kier alpha value is -2.83. The van der Waals surface area contributed by atoms with Gasteiger partial charge < -0.3 is 19.5 Å². The predicted octanol–water partition coefficient (Wildman–Crippen LogP) is 3.23. The van der Waals surface area contributed by atoms with E-state index in [1.807, 2.05) is 37.2 Å². The van der Waals surface area contributed by atoms with Gasteiger partial charge in [0, 0.05) is 37.7 Å². The van der Waals surface area contributed by atoms with Gasteiger partial charge in [-0.15, -0.1) is 0 Å². The molecule has 1 aliphatic heterocycles. The van der Waals surface area contributed by atoms with E-state index in [4.69, 9.17) is 4.74 Å². The minimum Gasteiger partial charge on any atom is -0.465 e. The first-order valence-corrected chi connectivity index (χ1v) is 9.20. The van der Waals surface area contributed by atoms with Crippen molar-refractivity contribution >= 4 is 17.7 Å².